The predicted octanol–water partition coefficient (Wildman–Crippen LogP) is 3.34. The van der Waals surface area contributed by atoms with E-state index in [2.05, 4.69) is 4.74 Å². The average Bonchev–Trinajstić information content (AvgIpc) is 2.62. The molecule has 0 aliphatic heterocycles. The zero-order valence-corrected chi connectivity index (χ0v) is 14.4. The number of rotatable bonds is 6. The second-order valence-corrected chi connectivity index (χ2v) is 5.40. The van der Waals surface area contributed by atoms with Crippen molar-refractivity contribution in [3.8, 4) is 11.5 Å². The van der Waals surface area contributed by atoms with Crippen molar-refractivity contribution < 1.29 is 23.8 Å². The Bertz CT molecular complexity index is 775. The molecule has 0 unspecified atom stereocenters. The SMILES string of the molecule is COC(=O)/C=C/c1ccc(OC(=O)Cc2ccc(C)cc2)c(OC)c1. The van der Waals surface area contributed by atoms with Gasteiger partial charge in [-0.25, -0.2) is 4.79 Å². The Balaban J connectivity index is 2.08. The third kappa shape index (κ3) is 5.49. The predicted molar refractivity (Wildman–Crippen MR) is 94.6 cm³/mol. The molecule has 0 aliphatic rings. The standard InChI is InChI=1S/C20H20O5/c1-14-4-6-16(7-5-14)13-20(22)25-17-10-8-15(12-18(17)23-2)9-11-19(21)24-3/h4-12H,13H2,1-3H3/b11-9+. The number of carbonyl (C=O) groups excluding carboxylic acids is 2. The van der Waals surface area contributed by atoms with Gasteiger partial charge in [0.2, 0.25) is 0 Å². The highest BCUT2D eigenvalue weighted by Crippen LogP contribution is 2.29. The highest BCUT2D eigenvalue weighted by molar-refractivity contribution is 5.87. The van der Waals surface area contributed by atoms with Gasteiger partial charge in [0.15, 0.2) is 11.5 Å². The summed E-state index contributed by atoms with van der Waals surface area (Å²) in [5.74, 6) is -0.0910. The van der Waals surface area contributed by atoms with Crippen LogP contribution >= 0.6 is 0 Å². The van der Waals surface area contributed by atoms with Gasteiger partial charge in [0.1, 0.15) is 0 Å². The van der Waals surface area contributed by atoms with E-state index < -0.39 is 5.97 Å². The van der Waals surface area contributed by atoms with E-state index in [0.717, 1.165) is 16.7 Å². The lowest BCUT2D eigenvalue weighted by molar-refractivity contribution is -0.135. The topological polar surface area (TPSA) is 61.8 Å². The monoisotopic (exact) mass is 340 g/mol. The number of methoxy groups -OCH3 is 2. The van der Waals surface area contributed by atoms with E-state index in [4.69, 9.17) is 9.47 Å². The Morgan fingerprint density at radius 1 is 1.00 bits per heavy atom. The van der Waals surface area contributed by atoms with Crippen LogP contribution in [0.5, 0.6) is 11.5 Å². The largest absolute Gasteiger partial charge is 0.493 e. The Morgan fingerprint density at radius 3 is 2.36 bits per heavy atom. The first-order valence-electron chi connectivity index (χ1n) is 7.72. The molecule has 0 atom stereocenters. The number of hydrogen-bond donors (Lipinski definition) is 0. The molecule has 5 heteroatoms. The smallest absolute Gasteiger partial charge is 0.330 e. The van der Waals surface area contributed by atoms with Gasteiger partial charge in [-0.2, -0.15) is 0 Å². The quantitative estimate of drug-likeness (QED) is 0.458. The summed E-state index contributed by atoms with van der Waals surface area (Å²) in [7, 11) is 2.80. The van der Waals surface area contributed by atoms with Crippen LogP contribution in [-0.4, -0.2) is 26.2 Å². The van der Waals surface area contributed by atoms with Crippen LogP contribution in [0.15, 0.2) is 48.5 Å². The molecule has 0 saturated carbocycles. The van der Waals surface area contributed by atoms with E-state index in [1.807, 2.05) is 31.2 Å². The maximum absolute atomic E-state index is 12.1. The molecule has 0 spiro atoms. The van der Waals surface area contributed by atoms with E-state index >= 15 is 0 Å². The minimum Gasteiger partial charge on any atom is -0.493 e. The molecule has 2 aromatic rings. The van der Waals surface area contributed by atoms with Crippen LogP contribution in [-0.2, 0) is 20.7 Å². The molecule has 0 saturated heterocycles. The van der Waals surface area contributed by atoms with Crippen molar-refractivity contribution in [1.29, 1.82) is 0 Å². The molecular weight excluding hydrogens is 320 g/mol. The van der Waals surface area contributed by atoms with E-state index in [9.17, 15) is 9.59 Å². The molecule has 0 fully saturated rings. The molecule has 5 nitrogen and oxygen atoms in total. The van der Waals surface area contributed by atoms with Gasteiger partial charge in [0.25, 0.3) is 0 Å². The van der Waals surface area contributed by atoms with Crippen LogP contribution in [0.25, 0.3) is 6.08 Å². The maximum atomic E-state index is 12.1. The van der Waals surface area contributed by atoms with Gasteiger partial charge in [-0.3, -0.25) is 4.79 Å². The summed E-state index contributed by atoms with van der Waals surface area (Å²) in [6.07, 6.45) is 3.07. The fraction of sp³-hybridized carbons (Fsp3) is 0.200. The Kier molecular flexibility index (Phi) is 6.34. The van der Waals surface area contributed by atoms with Crippen LogP contribution in [0, 0.1) is 6.92 Å². The minimum absolute atomic E-state index is 0.174. The second-order valence-electron chi connectivity index (χ2n) is 5.40. The van der Waals surface area contributed by atoms with E-state index in [1.54, 1.807) is 24.3 Å². The van der Waals surface area contributed by atoms with Crippen LogP contribution in [0.1, 0.15) is 16.7 Å². The molecule has 0 aromatic heterocycles. The normalized spacial score (nSPS) is 10.5. The zero-order chi connectivity index (χ0) is 18.2. The number of carbonyl (C=O) groups is 2. The summed E-state index contributed by atoms with van der Waals surface area (Å²) in [4.78, 5) is 23.3. The number of esters is 2. The molecular formula is C20H20O5. The Morgan fingerprint density at radius 2 is 1.72 bits per heavy atom. The van der Waals surface area contributed by atoms with Gasteiger partial charge in [0, 0.05) is 6.08 Å². The van der Waals surface area contributed by atoms with Gasteiger partial charge in [-0.1, -0.05) is 35.9 Å². The molecule has 2 aromatic carbocycles. The lowest BCUT2D eigenvalue weighted by atomic mass is 10.1. The first-order chi connectivity index (χ1) is 12.0. The maximum Gasteiger partial charge on any atom is 0.330 e. The molecule has 25 heavy (non-hydrogen) atoms. The van der Waals surface area contributed by atoms with E-state index in [1.165, 1.54) is 20.3 Å². The molecule has 2 rings (SSSR count). The second kappa shape index (κ2) is 8.68. The van der Waals surface area contributed by atoms with Gasteiger partial charge in [-0.15, -0.1) is 0 Å². The van der Waals surface area contributed by atoms with Gasteiger partial charge < -0.3 is 14.2 Å². The van der Waals surface area contributed by atoms with Crippen molar-refractivity contribution in [2.45, 2.75) is 13.3 Å². The molecule has 0 N–H and O–H groups in total. The van der Waals surface area contributed by atoms with Crippen molar-refractivity contribution in [3.05, 3.63) is 65.2 Å². The summed E-state index contributed by atoms with van der Waals surface area (Å²) in [6, 6.07) is 12.7. The first kappa shape index (κ1) is 18.3. The molecule has 0 amide bonds. The third-order valence-electron chi connectivity index (χ3n) is 3.49. The summed E-state index contributed by atoms with van der Waals surface area (Å²) in [5.41, 5.74) is 2.74. The molecule has 0 radical (unpaired) electrons. The van der Waals surface area contributed by atoms with Crippen molar-refractivity contribution >= 4 is 18.0 Å². The highest BCUT2D eigenvalue weighted by atomic mass is 16.6. The molecule has 0 bridgehead atoms. The molecule has 130 valence electrons. The van der Waals surface area contributed by atoms with Crippen molar-refractivity contribution in [2.75, 3.05) is 14.2 Å². The number of hydrogen-bond acceptors (Lipinski definition) is 5. The Hall–Kier alpha value is -3.08. The average molecular weight is 340 g/mol. The van der Waals surface area contributed by atoms with Gasteiger partial charge >= 0.3 is 11.9 Å². The number of ether oxygens (including phenoxy) is 3. The molecule has 0 aliphatic carbocycles. The molecule has 0 heterocycles. The zero-order valence-electron chi connectivity index (χ0n) is 14.4. The van der Waals surface area contributed by atoms with Crippen molar-refractivity contribution in [1.82, 2.24) is 0 Å². The minimum atomic E-state index is -0.451. The van der Waals surface area contributed by atoms with Crippen molar-refractivity contribution in [2.24, 2.45) is 0 Å². The number of aryl methyl sites for hydroxylation is 1. The lowest BCUT2D eigenvalue weighted by Gasteiger charge is -2.10. The highest BCUT2D eigenvalue weighted by Gasteiger charge is 2.11. The third-order valence-corrected chi connectivity index (χ3v) is 3.49. The first-order valence-corrected chi connectivity index (χ1v) is 7.72. The van der Waals surface area contributed by atoms with Crippen molar-refractivity contribution in [3.63, 3.8) is 0 Å². The van der Waals surface area contributed by atoms with E-state index in [0.29, 0.717) is 11.5 Å². The van der Waals surface area contributed by atoms with E-state index in [-0.39, 0.29) is 12.4 Å². The summed E-state index contributed by atoms with van der Waals surface area (Å²) < 4.78 is 15.2. The van der Waals surface area contributed by atoms with Crippen LogP contribution < -0.4 is 9.47 Å². The number of benzene rings is 2. The Labute approximate surface area is 146 Å². The van der Waals surface area contributed by atoms with Crippen LogP contribution in [0.4, 0.5) is 0 Å². The fourth-order valence-corrected chi connectivity index (χ4v) is 2.14. The summed E-state index contributed by atoms with van der Waals surface area (Å²) >= 11 is 0. The lowest BCUT2D eigenvalue weighted by Crippen LogP contribution is -2.12. The van der Waals surface area contributed by atoms with Gasteiger partial charge in [0.05, 0.1) is 20.6 Å². The van der Waals surface area contributed by atoms with Crippen LogP contribution in [0.2, 0.25) is 0 Å². The summed E-state index contributed by atoms with van der Waals surface area (Å²) in [6.45, 7) is 1.99. The van der Waals surface area contributed by atoms with Crippen LogP contribution in [0.3, 0.4) is 0 Å². The summed E-state index contributed by atoms with van der Waals surface area (Å²) in [5, 5.41) is 0. The van der Waals surface area contributed by atoms with Gasteiger partial charge in [-0.05, 0) is 36.3 Å². The fourth-order valence-electron chi connectivity index (χ4n) is 2.14.